The Hall–Kier alpha value is -0.390. The maximum atomic E-state index is 11.7. The summed E-state index contributed by atoms with van der Waals surface area (Å²) >= 11 is 3.34. The number of sulfonamides is 1. The molecule has 82 valence electrons. The molecule has 0 heterocycles. The van der Waals surface area contributed by atoms with E-state index >= 15 is 0 Å². The highest BCUT2D eigenvalue weighted by Gasteiger charge is 2.27. The molecule has 15 heavy (non-hydrogen) atoms. The van der Waals surface area contributed by atoms with Gasteiger partial charge in [0.1, 0.15) is 0 Å². The van der Waals surface area contributed by atoms with Crippen LogP contribution in [0.3, 0.4) is 0 Å². The summed E-state index contributed by atoms with van der Waals surface area (Å²) in [5.41, 5.74) is 0.797. The van der Waals surface area contributed by atoms with Gasteiger partial charge in [-0.2, -0.15) is 0 Å². The predicted molar refractivity (Wildman–Crippen MR) is 62.9 cm³/mol. The van der Waals surface area contributed by atoms with E-state index in [-0.39, 0.29) is 11.8 Å². The first-order chi connectivity index (χ1) is 7.07. The van der Waals surface area contributed by atoms with Crippen LogP contribution in [-0.4, -0.2) is 14.5 Å². The predicted octanol–water partition coefficient (Wildman–Crippen LogP) is 2.03. The number of benzene rings is 1. The molecule has 1 saturated carbocycles. The molecule has 0 bridgehead atoms. The number of halogens is 1. The van der Waals surface area contributed by atoms with Crippen LogP contribution in [-0.2, 0) is 15.8 Å². The molecule has 1 fully saturated rings. The second-order valence-electron chi connectivity index (χ2n) is 3.74. The topological polar surface area (TPSA) is 46.2 Å². The Kier molecular flexibility index (Phi) is 3.13. The van der Waals surface area contributed by atoms with Gasteiger partial charge in [0.05, 0.1) is 5.75 Å². The molecule has 1 aliphatic carbocycles. The Balaban J connectivity index is 2.10. The lowest BCUT2D eigenvalue weighted by molar-refractivity contribution is 0.580. The molecule has 1 aromatic carbocycles. The lowest BCUT2D eigenvalue weighted by Crippen LogP contribution is -2.27. The molecule has 0 amide bonds. The zero-order chi connectivity index (χ0) is 10.9. The molecule has 1 N–H and O–H groups in total. The van der Waals surface area contributed by atoms with Crippen LogP contribution in [0.4, 0.5) is 0 Å². The molecule has 0 saturated heterocycles. The van der Waals surface area contributed by atoms with Gasteiger partial charge < -0.3 is 0 Å². The molecule has 0 unspecified atom stereocenters. The SMILES string of the molecule is O=S(=O)(Cc1ccccc1Br)NC1CC1. The van der Waals surface area contributed by atoms with Crippen molar-refractivity contribution in [2.45, 2.75) is 24.6 Å². The van der Waals surface area contributed by atoms with E-state index in [0.29, 0.717) is 0 Å². The highest BCUT2D eigenvalue weighted by atomic mass is 79.9. The fraction of sp³-hybridized carbons (Fsp3) is 0.400. The van der Waals surface area contributed by atoms with Crippen LogP contribution in [0.15, 0.2) is 28.7 Å². The van der Waals surface area contributed by atoms with Crippen LogP contribution in [0.5, 0.6) is 0 Å². The quantitative estimate of drug-likeness (QED) is 0.922. The van der Waals surface area contributed by atoms with Gasteiger partial charge in [-0.1, -0.05) is 34.1 Å². The molecule has 0 radical (unpaired) electrons. The van der Waals surface area contributed by atoms with Gasteiger partial charge in [-0.05, 0) is 24.5 Å². The van der Waals surface area contributed by atoms with Crippen molar-refractivity contribution in [1.82, 2.24) is 4.72 Å². The van der Waals surface area contributed by atoms with Crippen molar-refractivity contribution >= 4 is 26.0 Å². The first-order valence-corrected chi connectivity index (χ1v) is 7.25. The van der Waals surface area contributed by atoms with Crippen molar-refractivity contribution in [3.63, 3.8) is 0 Å². The summed E-state index contributed by atoms with van der Waals surface area (Å²) in [6.45, 7) is 0. The van der Waals surface area contributed by atoms with Crippen molar-refractivity contribution in [2.24, 2.45) is 0 Å². The monoisotopic (exact) mass is 289 g/mol. The molecular weight excluding hydrogens is 278 g/mol. The molecule has 0 aromatic heterocycles. The van der Waals surface area contributed by atoms with Crippen LogP contribution in [0.2, 0.25) is 0 Å². The molecule has 2 rings (SSSR count). The third-order valence-electron chi connectivity index (χ3n) is 2.23. The summed E-state index contributed by atoms with van der Waals surface area (Å²) in [4.78, 5) is 0. The minimum atomic E-state index is -3.17. The van der Waals surface area contributed by atoms with Crippen LogP contribution in [0.1, 0.15) is 18.4 Å². The summed E-state index contributed by atoms with van der Waals surface area (Å²) < 4.78 is 26.8. The van der Waals surface area contributed by atoms with Gasteiger partial charge in [-0.3, -0.25) is 0 Å². The van der Waals surface area contributed by atoms with Gasteiger partial charge in [0, 0.05) is 10.5 Å². The van der Waals surface area contributed by atoms with E-state index in [1.807, 2.05) is 24.3 Å². The van der Waals surface area contributed by atoms with Crippen LogP contribution in [0.25, 0.3) is 0 Å². The molecule has 1 aliphatic rings. The highest BCUT2D eigenvalue weighted by Crippen LogP contribution is 2.22. The third kappa shape index (κ3) is 3.29. The van der Waals surface area contributed by atoms with Crippen LogP contribution >= 0.6 is 15.9 Å². The molecule has 5 heteroatoms. The molecule has 0 atom stereocenters. The summed E-state index contributed by atoms with van der Waals surface area (Å²) in [6, 6.07) is 7.55. The normalized spacial score (nSPS) is 16.6. The fourth-order valence-electron chi connectivity index (χ4n) is 1.32. The van der Waals surface area contributed by atoms with Gasteiger partial charge >= 0.3 is 0 Å². The molecule has 1 aromatic rings. The molecule has 0 spiro atoms. The zero-order valence-corrected chi connectivity index (χ0v) is 10.5. The number of rotatable bonds is 4. The maximum absolute atomic E-state index is 11.7. The maximum Gasteiger partial charge on any atom is 0.216 e. The standard InChI is InChI=1S/C10H12BrNO2S/c11-10-4-2-1-3-8(10)7-15(13,14)12-9-5-6-9/h1-4,9,12H,5-7H2. The molecule has 3 nitrogen and oxygen atoms in total. The molecule has 0 aliphatic heterocycles. The smallest absolute Gasteiger partial charge is 0.212 e. The van der Waals surface area contributed by atoms with Gasteiger partial charge in [-0.25, -0.2) is 13.1 Å². The van der Waals surface area contributed by atoms with Crippen LogP contribution in [0, 0.1) is 0 Å². The number of nitrogens with one attached hydrogen (secondary N) is 1. The average molecular weight is 290 g/mol. The molecular formula is C10H12BrNO2S. The first-order valence-electron chi connectivity index (χ1n) is 4.80. The van der Waals surface area contributed by atoms with E-state index in [2.05, 4.69) is 20.7 Å². The first kappa shape index (κ1) is 11.1. The Morgan fingerprint density at radius 3 is 2.60 bits per heavy atom. The lowest BCUT2D eigenvalue weighted by Gasteiger charge is -2.06. The van der Waals surface area contributed by atoms with Crippen molar-refractivity contribution in [1.29, 1.82) is 0 Å². The second kappa shape index (κ2) is 4.23. The Morgan fingerprint density at radius 2 is 2.00 bits per heavy atom. The van der Waals surface area contributed by atoms with Gasteiger partial charge in [0.2, 0.25) is 10.0 Å². The fourth-order valence-corrected chi connectivity index (χ4v) is 3.42. The van der Waals surface area contributed by atoms with Crippen molar-refractivity contribution in [3.05, 3.63) is 34.3 Å². The zero-order valence-electron chi connectivity index (χ0n) is 8.11. The largest absolute Gasteiger partial charge is 0.216 e. The van der Waals surface area contributed by atoms with E-state index < -0.39 is 10.0 Å². The lowest BCUT2D eigenvalue weighted by atomic mass is 10.2. The average Bonchev–Trinajstić information content (AvgIpc) is 2.91. The van der Waals surface area contributed by atoms with Crippen molar-refractivity contribution in [3.8, 4) is 0 Å². The third-order valence-corrected chi connectivity index (χ3v) is 4.38. The van der Waals surface area contributed by atoms with Crippen molar-refractivity contribution in [2.75, 3.05) is 0 Å². The summed E-state index contributed by atoms with van der Waals surface area (Å²) in [6.07, 6.45) is 1.93. The Morgan fingerprint density at radius 1 is 1.33 bits per heavy atom. The number of hydrogen-bond donors (Lipinski definition) is 1. The van der Waals surface area contributed by atoms with Gasteiger partial charge in [0.25, 0.3) is 0 Å². The number of hydrogen-bond acceptors (Lipinski definition) is 2. The van der Waals surface area contributed by atoms with E-state index in [1.54, 1.807) is 0 Å². The van der Waals surface area contributed by atoms with E-state index in [4.69, 9.17) is 0 Å². The summed E-state index contributed by atoms with van der Waals surface area (Å²) in [5, 5.41) is 0. The van der Waals surface area contributed by atoms with Crippen LogP contribution < -0.4 is 4.72 Å². The van der Waals surface area contributed by atoms with E-state index in [0.717, 1.165) is 22.9 Å². The van der Waals surface area contributed by atoms with E-state index in [1.165, 1.54) is 0 Å². The minimum Gasteiger partial charge on any atom is -0.212 e. The second-order valence-corrected chi connectivity index (χ2v) is 6.35. The van der Waals surface area contributed by atoms with Crippen molar-refractivity contribution < 1.29 is 8.42 Å². The minimum absolute atomic E-state index is 0.0466. The highest BCUT2D eigenvalue weighted by molar-refractivity contribution is 9.10. The van der Waals surface area contributed by atoms with Gasteiger partial charge in [-0.15, -0.1) is 0 Å². The Bertz CT molecular complexity index is 454. The summed E-state index contributed by atoms with van der Waals surface area (Å²) in [5.74, 6) is 0.0466. The van der Waals surface area contributed by atoms with Gasteiger partial charge in [0.15, 0.2) is 0 Å². The van der Waals surface area contributed by atoms with E-state index in [9.17, 15) is 8.42 Å². The summed E-state index contributed by atoms with van der Waals surface area (Å²) in [7, 11) is -3.17. The Labute approximate surface area is 98.1 Å².